The van der Waals surface area contributed by atoms with E-state index in [0.29, 0.717) is 18.1 Å². The van der Waals surface area contributed by atoms with Gasteiger partial charge in [0, 0.05) is 24.7 Å². The van der Waals surface area contributed by atoms with Crippen molar-refractivity contribution in [1.29, 1.82) is 5.26 Å². The van der Waals surface area contributed by atoms with Crippen molar-refractivity contribution in [3.05, 3.63) is 38.9 Å². The molecule has 0 unspecified atom stereocenters. The Morgan fingerprint density at radius 2 is 2.22 bits per heavy atom. The van der Waals surface area contributed by atoms with Crippen molar-refractivity contribution in [2.75, 3.05) is 6.54 Å². The van der Waals surface area contributed by atoms with Crippen molar-refractivity contribution in [2.24, 2.45) is 0 Å². The molecule has 0 heterocycles. The van der Waals surface area contributed by atoms with Gasteiger partial charge in [0.25, 0.3) is 5.69 Å². The molecule has 0 radical (unpaired) electrons. The molecule has 0 saturated heterocycles. The summed E-state index contributed by atoms with van der Waals surface area (Å²) in [5, 5.41) is 19.7. The van der Waals surface area contributed by atoms with E-state index in [1.54, 1.807) is 6.07 Å². The van der Waals surface area contributed by atoms with Gasteiger partial charge in [0.2, 0.25) is 0 Å². The maximum absolute atomic E-state index is 10.6. The van der Waals surface area contributed by atoms with Gasteiger partial charge >= 0.3 is 0 Å². The SMILES string of the molecule is CC(C)N(CC#N)Cc1ccc([N+](=O)[O-])cc1Cl. The average molecular weight is 268 g/mol. The Balaban J connectivity index is 2.91. The number of non-ortho nitro benzene ring substituents is 1. The average Bonchev–Trinajstić information content (AvgIpc) is 2.30. The molecule has 0 saturated carbocycles. The first-order valence-corrected chi connectivity index (χ1v) is 5.87. The molecule has 5 nitrogen and oxygen atoms in total. The van der Waals surface area contributed by atoms with Crippen LogP contribution in [0.3, 0.4) is 0 Å². The van der Waals surface area contributed by atoms with E-state index in [0.717, 1.165) is 5.56 Å². The van der Waals surface area contributed by atoms with E-state index in [9.17, 15) is 10.1 Å². The van der Waals surface area contributed by atoms with E-state index >= 15 is 0 Å². The van der Waals surface area contributed by atoms with E-state index in [-0.39, 0.29) is 11.7 Å². The van der Waals surface area contributed by atoms with Gasteiger partial charge in [-0.2, -0.15) is 5.26 Å². The highest BCUT2D eigenvalue weighted by Crippen LogP contribution is 2.24. The first-order valence-electron chi connectivity index (χ1n) is 5.49. The second-order valence-corrected chi connectivity index (χ2v) is 4.60. The normalized spacial score (nSPS) is 10.7. The zero-order valence-corrected chi connectivity index (χ0v) is 11.0. The zero-order chi connectivity index (χ0) is 13.7. The van der Waals surface area contributed by atoms with Crippen LogP contribution >= 0.6 is 11.6 Å². The first-order chi connectivity index (χ1) is 8.45. The van der Waals surface area contributed by atoms with E-state index in [1.165, 1.54) is 12.1 Å². The lowest BCUT2D eigenvalue weighted by atomic mass is 10.1. The van der Waals surface area contributed by atoms with Gasteiger partial charge in [-0.05, 0) is 25.5 Å². The van der Waals surface area contributed by atoms with Crippen molar-refractivity contribution in [3.8, 4) is 6.07 Å². The van der Waals surface area contributed by atoms with Crippen LogP contribution in [0.25, 0.3) is 0 Å². The van der Waals surface area contributed by atoms with E-state index in [1.807, 2.05) is 18.7 Å². The maximum Gasteiger partial charge on any atom is 0.270 e. The standard InChI is InChI=1S/C12H14ClN3O2/c1-9(2)15(6-5-14)8-10-3-4-11(16(17)18)7-12(10)13/h3-4,7,9H,6,8H2,1-2H3. The van der Waals surface area contributed by atoms with Crippen LogP contribution in [0.4, 0.5) is 5.69 Å². The van der Waals surface area contributed by atoms with E-state index in [4.69, 9.17) is 16.9 Å². The molecule has 0 bridgehead atoms. The number of nitro groups is 1. The fraction of sp³-hybridized carbons (Fsp3) is 0.417. The molecule has 1 rings (SSSR count). The van der Waals surface area contributed by atoms with E-state index < -0.39 is 4.92 Å². The Hall–Kier alpha value is -1.64. The van der Waals surface area contributed by atoms with Gasteiger partial charge in [-0.3, -0.25) is 15.0 Å². The summed E-state index contributed by atoms with van der Waals surface area (Å²) in [7, 11) is 0. The smallest absolute Gasteiger partial charge is 0.270 e. The summed E-state index contributed by atoms with van der Waals surface area (Å²) in [5.74, 6) is 0. The highest BCUT2D eigenvalue weighted by atomic mass is 35.5. The largest absolute Gasteiger partial charge is 0.284 e. The molecule has 0 atom stereocenters. The van der Waals surface area contributed by atoms with Crippen LogP contribution in [-0.2, 0) is 6.54 Å². The van der Waals surface area contributed by atoms with Gasteiger partial charge in [0.1, 0.15) is 0 Å². The van der Waals surface area contributed by atoms with Gasteiger partial charge in [-0.25, -0.2) is 0 Å². The summed E-state index contributed by atoms with van der Waals surface area (Å²) >= 11 is 6.01. The zero-order valence-electron chi connectivity index (χ0n) is 10.3. The number of nitrogens with zero attached hydrogens (tertiary/aromatic N) is 3. The van der Waals surface area contributed by atoms with Crippen LogP contribution < -0.4 is 0 Å². The number of halogens is 1. The minimum atomic E-state index is -0.481. The van der Waals surface area contributed by atoms with Gasteiger partial charge < -0.3 is 0 Å². The number of benzene rings is 1. The fourth-order valence-corrected chi connectivity index (χ4v) is 1.74. The second-order valence-electron chi connectivity index (χ2n) is 4.19. The van der Waals surface area contributed by atoms with Gasteiger partial charge in [-0.15, -0.1) is 0 Å². The third-order valence-electron chi connectivity index (χ3n) is 2.63. The predicted octanol–water partition coefficient (Wildman–Crippen LogP) is 2.98. The molecule has 18 heavy (non-hydrogen) atoms. The van der Waals surface area contributed by atoms with Gasteiger partial charge in [0.05, 0.1) is 22.6 Å². The van der Waals surface area contributed by atoms with Crippen LogP contribution in [0.1, 0.15) is 19.4 Å². The summed E-state index contributed by atoms with van der Waals surface area (Å²) in [4.78, 5) is 12.0. The van der Waals surface area contributed by atoms with Crippen LogP contribution in [0, 0.1) is 21.4 Å². The van der Waals surface area contributed by atoms with Crippen LogP contribution in [0.15, 0.2) is 18.2 Å². The summed E-state index contributed by atoms with van der Waals surface area (Å²) < 4.78 is 0. The predicted molar refractivity (Wildman–Crippen MR) is 69.3 cm³/mol. The number of hydrogen-bond acceptors (Lipinski definition) is 4. The topological polar surface area (TPSA) is 70.2 Å². The molecular formula is C12H14ClN3O2. The Kier molecular flexibility index (Phi) is 5.08. The number of nitro benzene ring substituents is 1. The third-order valence-corrected chi connectivity index (χ3v) is 2.98. The molecule has 1 aromatic carbocycles. The van der Waals surface area contributed by atoms with Crippen LogP contribution in [-0.4, -0.2) is 22.4 Å². The second kappa shape index (κ2) is 6.34. The summed E-state index contributed by atoms with van der Waals surface area (Å²) in [6.45, 7) is 4.76. The lowest BCUT2D eigenvalue weighted by molar-refractivity contribution is -0.384. The highest BCUT2D eigenvalue weighted by Gasteiger charge is 2.14. The third kappa shape index (κ3) is 3.69. The monoisotopic (exact) mass is 267 g/mol. The number of rotatable bonds is 5. The number of nitriles is 1. The Labute approximate surface area is 111 Å². The van der Waals surface area contributed by atoms with Crippen molar-refractivity contribution in [3.63, 3.8) is 0 Å². The van der Waals surface area contributed by atoms with Crippen LogP contribution in [0.2, 0.25) is 5.02 Å². The first kappa shape index (κ1) is 14.4. The van der Waals surface area contributed by atoms with Gasteiger partial charge in [0.15, 0.2) is 0 Å². The fourth-order valence-electron chi connectivity index (χ4n) is 1.51. The summed E-state index contributed by atoms with van der Waals surface area (Å²) in [5.41, 5.74) is 0.756. The molecule has 96 valence electrons. The molecule has 0 aliphatic carbocycles. The minimum absolute atomic E-state index is 0.0277. The quantitative estimate of drug-likeness (QED) is 0.467. The lowest BCUT2D eigenvalue weighted by Crippen LogP contribution is -2.30. The Morgan fingerprint density at radius 3 is 2.67 bits per heavy atom. The van der Waals surface area contributed by atoms with Crippen molar-refractivity contribution < 1.29 is 4.92 Å². The van der Waals surface area contributed by atoms with Crippen molar-refractivity contribution >= 4 is 17.3 Å². The molecular weight excluding hydrogens is 254 g/mol. The van der Waals surface area contributed by atoms with Crippen molar-refractivity contribution in [1.82, 2.24) is 4.90 Å². The summed E-state index contributed by atoms with van der Waals surface area (Å²) in [6.07, 6.45) is 0. The minimum Gasteiger partial charge on any atom is -0.284 e. The van der Waals surface area contributed by atoms with Crippen LogP contribution in [0.5, 0.6) is 0 Å². The van der Waals surface area contributed by atoms with E-state index in [2.05, 4.69) is 6.07 Å². The molecule has 6 heteroatoms. The molecule has 0 spiro atoms. The molecule has 0 aliphatic heterocycles. The Bertz CT molecular complexity index is 483. The molecule has 0 amide bonds. The van der Waals surface area contributed by atoms with Gasteiger partial charge in [-0.1, -0.05) is 11.6 Å². The summed E-state index contributed by atoms with van der Waals surface area (Å²) in [6, 6.07) is 6.69. The maximum atomic E-state index is 10.6. The molecule has 0 fully saturated rings. The molecule has 0 aliphatic rings. The Morgan fingerprint density at radius 1 is 1.56 bits per heavy atom. The molecule has 1 aromatic rings. The molecule has 0 N–H and O–H groups in total. The lowest BCUT2D eigenvalue weighted by Gasteiger charge is -2.23. The number of hydrogen-bond donors (Lipinski definition) is 0. The highest BCUT2D eigenvalue weighted by molar-refractivity contribution is 6.31. The molecule has 0 aromatic heterocycles. The van der Waals surface area contributed by atoms with Crippen molar-refractivity contribution in [2.45, 2.75) is 26.4 Å².